The molecule has 1 rings (SSSR count). The summed E-state index contributed by atoms with van der Waals surface area (Å²) in [5.41, 5.74) is 2.08. The molecule has 95 valence electrons. The van der Waals surface area contributed by atoms with Crippen LogP contribution in [0.1, 0.15) is 45.7 Å². The van der Waals surface area contributed by atoms with Gasteiger partial charge in [0.25, 0.3) is 0 Å². The van der Waals surface area contributed by atoms with Gasteiger partial charge in [-0.2, -0.15) is 0 Å². The average molecular weight is 235 g/mol. The van der Waals surface area contributed by atoms with Crippen molar-refractivity contribution in [3.05, 3.63) is 35.2 Å². The average Bonchev–Trinajstić information content (AvgIpc) is 2.25. The summed E-state index contributed by atoms with van der Waals surface area (Å²) in [5.74, 6) is 1.91. The smallest absolute Gasteiger partial charge is 0.123 e. The number of hydrogen-bond donors (Lipinski definition) is 1. The van der Waals surface area contributed by atoms with E-state index in [2.05, 4.69) is 6.92 Å². The maximum absolute atomic E-state index is 9.25. The quantitative estimate of drug-likeness (QED) is 0.867. The summed E-state index contributed by atoms with van der Waals surface area (Å²) in [4.78, 5) is 0. The molecular formula is C15H23O2. The predicted molar refractivity (Wildman–Crippen MR) is 71.3 cm³/mol. The summed E-state index contributed by atoms with van der Waals surface area (Å²) >= 11 is 0. The molecule has 2 heteroatoms. The van der Waals surface area contributed by atoms with Crippen molar-refractivity contribution in [3.63, 3.8) is 0 Å². The Morgan fingerprint density at radius 2 is 1.94 bits per heavy atom. The van der Waals surface area contributed by atoms with E-state index in [1.54, 1.807) is 0 Å². The van der Waals surface area contributed by atoms with Gasteiger partial charge < -0.3 is 9.84 Å². The van der Waals surface area contributed by atoms with Gasteiger partial charge in [0.2, 0.25) is 0 Å². The highest BCUT2D eigenvalue weighted by Gasteiger charge is 2.18. The highest BCUT2D eigenvalue weighted by molar-refractivity contribution is 5.46. The van der Waals surface area contributed by atoms with Crippen LogP contribution in [0.3, 0.4) is 0 Å². The van der Waals surface area contributed by atoms with E-state index in [1.165, 1.54) is 5.56 Å². The maximum atomic E-state index is 9.25. The predicted octanol–water partition coefficient (Wildman–Crippen LogP) is 3.36. The molecule has 0 amide bonds. The number of rotatable bonds is 4. The summed E-state index contributed by atoms with van der Waals surface area (Å²) in [6.07, 6.45) is 0.902. The van der Waals surface area contributed by atoms with Crippen molar-refractivity contribution in [2.24, 2.45) is 0 Å². The lowest BCUT2D eigenvalue weighted by molar-refractivity contribution is 0.129. The van der Waals surface area contributed by atoms with Crippen molar-refractivity contribution in [2.45, 2.75) is 46.6 Å². The maximum Gasteiger partial charge on any atom is 0.123 e. The van der Waals surface area contributed by atoms with E-state index < -0.39 is 0 Å². The first-order chi connectivity index (χ1) is 7.89. The molecule has 0 spiro atoms. The van der Waals surface area contributed by atoms with Gasteiger partial charge in [-0.25, -0.2) is 0 Å². The van der Waals surface area contributed by atoms with Gasteiger partial charge in [0.1, 0.15) is 11.4 Å². The zero-order valence-corrected chi connectivity index (χ0v) is 11.5. The Kier molecular flexibility index (Phi) is 4.58. The number of aliphatic hydroxyl groups excluding tert-OH is 1. The minimum absolute atomic E-state index is 0.0893. The van der Waals surface area contributed by atoms with Crippen LogP contribution in [-0.4, -0.2) is 17.3 Å². The van der Waals surface area contributed by atoms with Crippen molar-refractivity contribution >= 4 is 0 Å². The molecule has 0 atom stereocenters. The Morgan fingerprint density at radius 3 is 2.41 bits per heavy atom. The van der Waals surface area contributed by atoms with Gasteiger partial charge in [0.05, 0.1) is 6.61 Å². The molecule has 1 aromatic rings. The monoisotopic (exact) mass is 235 g/mol. The normalized spacial score (nSPS) is 11.9. The lowest BCUT2D eigenvalue weighted by Crippen LogP contribution is -2.24. The van der Waals surface area contributed by atoms with Crippen molar-refractivity contribution < 1.29 is 9.84 Å². The third-order valence-corrected chi connectivity index (χ3v) is 2.60. The molecular weight excluding hydrogens is 212 g/mol. The third-order valence-electron chi connectivity index (χ3n) is 2.60. The topological polar surface area (TPSA) is 29.5 Å². The Labute approximate surface area is 105 Å². The SMILES string of the molecule is CCc1c(OC(C)(C)C)cccc1[C](C)CO. The van der Waals surface area contributed by atoms with Gasteiger partial charge in [-0.05, 0) is 44.4 Å². The molecule has 0 aromatic heterocycles. The zero-order valence-electron chi connectivity index (χ0n) is 11.5. The van der Waals surface area contributed by atoms with E-state index in [1.807, 2.05) is 45.9 Å². The number of ether oxygens (including phenoxy) is 1. The van der Waals surface area contributed by atoms with E-state index >= 15 is 0 Å². The van der Waals surface area contributed by atoms with Crippen LogP contribution in [0.15, 0.2) is 18.2 Å². The second kappa shape index (κ2) is 5.54. The molecule has 0 heterocycles. The summed E-state index contributed by atoms with van der Waals surface area (Å²) in [5, 5.41) is 9.25. The van der Waals surface area contributed by atoms with E-state index in [4.69, 9.17) is 4.74 Å². The van der Waals surface area contributed by atoms with Gasteiger partial charge >= 0.3 is 0 Å². The van der Waals surface area contributed by atoms with Crippen molar-refractivity contribution in [3.8, 4) is 5.75 Å². The van der Waals surface area contributed by atoms with E-state index in [-0.39, 0.29) is 12.2 Å². The fraction of sp³-hybridized carbons (Fsp3) is 0.533. The zero-order chi connectivity index (χ0) is 13.1. The van der Waals surface area contributed by atoms with Gasteiger partial charge in [-0.1, -0.05) is 26.0 Å². The summed E-state index contributed by atoms with van der Waals surface area (Å²) in [6, 6.07) is 6.02. The van der Waals surface area contributed by atoms with Crippen LogP contribution in [0.5, 0.6) is 5.75 Å². The second-order valence-corrected chi connectivity index (χ2v) is 5.29. The lowest BCUT2D eigenvalue weighted by atomic mass is 9.94. The molecule has 0 unspecified atom stereocenters. The minimum atomic E-state index is -0.199. The molecule has 1 radical (unpaired) electrons. The molecule has 0 aliphatic rings. The van der Waals surface area contributed by atoms with Crippen LogP contribution in [0.2, 0.25) is 0 Å². The fourth-order valence-electron chi connectivity index (χ4n) is 1.84. The van der Waals surface area contributed by atoms with E-state index in [0.717, 1.165) is 23.7 Å². The molecule has 0 saturated carbocycles. The molecule has 17 heavy (non-hydrogen) atoms. The highest BCUT2D eigenvalue weighted by Crippen LogP contribution is 2.30. The van der Waals surface area contributed by atoms with Crippen LogP contribution in [0.25, 0.3) is 0 Å². The van der Waals surface area contributed by atoms with E-state index in [0.29, 0.717) is 0 Å². The molecule has 0 saturated heterocycles. The van der Waals surface area contributed by atoms with Crippen molar-refractivity contribution in [1.82, 2.24) is 0 Å². The third kappa shape index (κ3) is 3.74. The van der Waals surface area contributed by atoms with Crippen LogP contribution >= 0.6 is 0 Å². The first-order valence-electron chi connectivity index (χ1n) is 6.13. The van der Waals surface area contributed by atoms with Crippen LogP contribution in [0, 0.1) is 5.92 Å². The molecule has 2 nitrogen and oxygen atoms in total. The summed E-state index contributed by atoms with van der Waals surface area (Å²) in [6.45, 7) is 10.3. The number of hydrogen-bond acceptors (Lipinski definition) is 2. The summed E-state index contributed by atoms with van der Waals surface area (Å²) in [7, 11) is 0. The van der Waals surface area contributed by atoms with Crippen LogP contribution in [0.4, 0.5) is 0 Å². The van der Waals surface area contributed by atoms with Crippen LogP contribution < -0.4 is 4.74 Å². The molecule has 0 fully saturated rings. The van der Waals surface area contributed by atoms with Crippen molar-refractivity contribution in [1.29, 1.82) is 0 Å². The largest absolute Gasteiger partial charge is 0.488 e. The van der Waals surface area contributed by atoms with Gasteiger partial charge in [-0.3, -0.25) is 0 Å². The van der Waals surface area contributed by atoms with Gasteiger partial charge in [0, 0.05) is 5.92 Å². The second-order valence-electron chi connectivity index (χ2n) is 5.29. The molecule has 0 aliphatic heterocycles. The Hall–Kier alpha value is -1.02. The molecule has 0 aliphatic carbocycles. The highest BCUT2D eigenvalue weighted by atomic mass is 16.5. The van der Waals surface area contributed by atoms with Gasteiger partial charge in [-0.15, -0.1) is 0 Å². The van der Waals surface area contributed by atoms with Crippen molar-refractivity contribution in [2.75, 3.05) is 6.61 Å². The molecule has 1 aromatic carbocycles. The number of aliphatic hydroxyl groups is 1. The first-order valence-corrected chi connectivity index (χ1v) is 6.13. The number of benzene rings is 1. The molecule has 1 N–H and O–H groups in total. The Balaban J connectivity index is 3.14. The fourth-order valence-corrected chi connectivity index (χ4v) is 1.84. The van der Waals surface area contributed by atoms with Gasteiger partial charge in [0.15, 0.2) is 0 Å². The summed E-state index contributed by atoms with van der Waals surface area (Å²) < 4.78 is 5.96. The Bertz CT molecular complexity index is 364. The standard InChI is InChI=1S/C15H23O2/c1-6-12-13(11(2)10-16)8-7-9-14(12)17-15(3,4)5/h7-9,16H,6,10H2,1-5H3. The molecule has 0 bridgehead atoms. The van der Waals surface area contributed by atoms with Crippen LogP contribution in [-0.2, 0) is 6.42 Å². The van der Waals surface area contributed by atoms with E-state index in [9.17, 15) is 5.11 Å². The minimum Gasteiger partial charge on any atom is -0.488 e. The lowest BCUT2D eigenvalue weighted by Gasteiger charge is -2.25. The first kappa shape index (κ1) is 14.0. The Morgan fingerprint density at radius 1 is 1.29 bits per heavy atom.